The predicted molar refractivity (Wildman–Crippen MR) is 87.1 cm³/mol. The lowest BCUT2D eigenvalue weighted by molar-refractivity contribution is 0.0383. The van der Waals surface area contributed by atoms with E-state index in [1.807, 2.05) is 23.6 Å². The van der Waals surface area contributed by atoms with Gasteiger partial charge in [0.15, 0.2) is 0 Å². The fourth-order valence-electron chi connectivity index (χ4n) is 2.39. The molecule has 2 aromatic heterocycles. The van der Waals surface area contributed by atoms with Gasteiger partial charge in [-0.3, -0.25) is 14.7 Å². The average molecular weight is 317 g/mol. The molecule has 1 saturated heterocycles. The molecule has 6 heteroatoms. The second kappa shape index (κ2) is 7.49. The maximum atomic E-state index is 12.2. The zero-order chi connectivity index (χ0) is 15.2. The summed E-state index contributed by atoms with van der Waals surface area (Å²) >= 11 is 1.62. The van der Waals surface area contributed by atoms with E-state index in [-0.39, 0.29) is 5.91 Å². The van der Waals surface area contributed by atoms with Gasteiger partial charge in [0.1, 0.15) is 0 Å². The van der Waals surface area contributed by atoms with E-state index in [0.717, 1.165) is 43.4 Å². The molecule has 5 nitrogen and oxygen atoms in total. The average Bonchev–Trinajstić information content (AvgIpc) is 3.10. The number of hydrogen-bond acceptors (Lipinski definition) is 5. The third-order valence-corrected chi connectivity index (χ3v) is 4.51. The maximum Gasteiger partial charge on any atom is 0.251 e. The molecule has 1 aliphatic rings. The smallest absolute Gasteiger partial charge is 0.251 e. The fourth-order valence-corrected chi connectivity index (χ4v) is 3.08. The van der Waals surface area contributed by atoms with Gasteiger partial charge in [-0.1, -0.05) is 6.07 Å². The molecule has 0 bridgehead atoms. The van der Waals surface area contributed by atoms with Gasteiger partial charge in [-0.15, -0.1) is 11.3 Å². The first kappa shape index (κ1) is 15.1. The van der Waals surface area contributed by atoms with E-state index in [1.165, 1.54) is 0 Å². The number of carbonyl (C=O) groups excluding carboxylic acids is 1. The van der Waals surface area contributed by atoms with Gasteiger partial charge in [0.05, 0.1) is 23.8 Å². The Bertz CT molecular complexity index is 610. The minimum atomic E-state index is -0.0477. The highest BCUT2D eigenvalue weighted by Gasteiger charge is 2.11. The van der Waals surface area contributed by atoms with Crippen LogP contribution in [0.2, 0.25) is 0 Å². The van der Waals surface area contributed by atoms with Crippen LogP contribution in [0.3, 0.4) is 0 Å². The monoisotopic (exact) mass is 317 g/mol. The summed E-state index contributed by atoms with van der Waals surface area (Å²) in [7, 11) is 0. The van der Waals surface area contributed by atoms with Gasteiger partial charge in [-0.2, -0.15) is 0 Å². The van der Waals surface area contributed by atoms with Gasteiger partial charge in [-0.25, -0.2) is 0 Å². The number of rotatable bonds is 5. The van der Waals surface area contributed by atoms with E-state index in [0.29, 0.717) is 12.1 Å². The Labute approximate surface area is 133 Å². The molecule has 3 rings (SSSR count). The summed E-state index contributed by atoms with van der Waals surface area (Å²) in [5.74, 6) is -0.0477. The number of nitrogens with zero attached hydrogens (tertiary/aromatic N) is 2. The van der Waals surface area contributed by atoms with Crippen LogP contribution in [0.4, 0.5) is 0 Å². The molecule has 116 valence electrons. The molecular weight excluding hydrogens is 298 g/mol. The first-order valence-corrected chi connectivity index (χ1v) is 8.29. The predicted octanol–water partition coefficient (Wildman–Crippen LogP) is 1.87. The normalized spacial score (nSPS) is 15.6. The SMILES string of the molecule is O=C(NCCN1CCOCC1)c1ccnc(-c2cccs2)c1. The molecule has 0 saturated carbocycles. The molecule has 2 aromatic rings. The zero-order valence-electron chi connectivity index (χ0n) is 12.3. The molecule has 1 N–H and O–H groups in total. The Morgan fingerprint density at radius 2 is 2.23 bits per heavy atom. The number of carbonyl (C=O) groups is 1. The molecule has 0 atom stereocenters. The summed E-state index contributed by atoms with van der Waals surface area (Å²) in [4.78, 5) is 19.9. The van der Waals surface area contributed by atoms with Crippen molar-refractivity contribution in [3.05, 3.63) is 41.4 Å². The maximum absolute atomic E-state index is 12.2. The van der Waals surface area contributed by atoms with Crippen molar-refractivity contribution in [1.29, 1.82) is 0 Å². The second-order valence-electron chi connectivity index (χ2n) is 5.12. The Morgan fingerprint density at radius 1 is 1.36 bits per heavy atom. The fraction of sp³-hybridized carbons (Fsp3) is 0.375. The number of ether oxygens (including phenoxy) is 1. The van der Waals surface area contributed by atoms with Crippen LogP contribution in [0.5, 0.6) is 0 Å². The highest BCUT2D eigenvalue weighted by atomic mass is 32.1. The number of aromatic nitrogens is 1. The number of amides is 1. The Balaban J connectivity index is 1.54. The minimum absolute atomic E-state index is 0.0477. The van der Waals surface area contributed by atoms with Crippen molar-refractivity contribution in [3.8, 4) is 10.6 Å². The van der Waals surface area contributed by atoms with Crippen molar-refractivity contribution in [3.63, 3.8) is 0 Å². The van der Waals surface area contributed by atoms with Crippen molar-refractivity contribution in [2.75, 3.05) is 39.4 Å². The molecule has 3 heterocycles. The van der Waals surface area contributed by atoms with Crippen molar-refractivity contribution in [2.24, 2.45) is 0 Å². The molecule has 0 unspecified atom stereocenters. The van der Waals surface area contributed by atoms with Crippen molar-refractivity contribution >= 4 is 17.2 Å². The standard InChI is InChI=1S/C16H19N3O2S/c20-16(18-5-6-19-7-9-21-10-8-19)13-3-4-17-14(12-13)15-2-1-11-22-15/h1-4,11-12H,5-10H2,(H,18,20). The van der Waals surface area contributed by atoms with Crippen LogP contribution in [-0.2, 0) is 4.74 Å². The lowest BCUT2D eigenvalue weighted by atomic mass is 10.2. The molecule has 22 heavy (non-hydrogen) atoms. The lowest BCUT2D eigenvalue weighted by Crippen LogP contribution is -2.41. The quantitative estimate of drug-likeness (QED) is 0.915. The van der Waals surface area contributed by atoms with Gasteiger partial charge in [-0.05, 0) is 23.6 Å². The second-order valence-corrected chi connectivity index (χ2v) is 6.06. The van der Waals surface area contributed by atoms with Crippen molar-refractivity contribution < 1.29 is 9.53 Å². The summed E-state index contributed by atoms with van der Waals surface area (Å²) in [5.41, 5.74) is 1.50. The molecule has 0 radical (unpaired) electrons. The van der Waals surface area contributed by atoms with Gasteiger partial charge >= 0.3 is 0 Å². The van der Waals surface area contributed by atoms with Crippen LogP contribution in [0, 0.1) is 0 Å². The number of pyridine rings is 1. The van der Waals surface area contributed by atoms with Gasteiger partial charge in [0, 0.05) is 37.9 Å². The topological polar surface area (TPSA) is 54.5 Å². The van der Waals surface area contributed by atoms with Crippen LogP contribution in [-0.4, -0.2) is 55.2 Å². The molecule has 1 aliphatic heterocycles. The van der Waals surface area contributed by atoms with E-state index in [2.05, 4.69) is 15.2 Å². The van der Waals surface area contributed by atoms with Crippen LogP contribution in [0.1, 0.15) is 10.4 Å². The van der Waals surface area contributed by atoms with Gasteiger partial charge in [0.2, 0.25) is 0 Å². The van der Waals surface area contributed by atoms with Crippen molar-refractivity contribution in [1.82, 2.24) is 15.2 Å². The summed E-state index contributed by atoms with van der Waals surface area (Å²) in [6, 6.07) is 7.58. The number of nitrogens with one attached hydrogen (secondary N) is 1. The van der Waals surface area contributed by atoms with Crippen molar-refractivity contribution in [2.45, 2.75) is 0 Å². The summed E-state index contributed by atoms with van der Waals surface area (Å²) in [5, 5.41) is 4.98. The molecular formula is C16H19N3O2S. The van der Waals surface area contributed by atoms with E-state index in [4.69, 9.17) is 4.74 Å². The molecule has 0 spiro atoms. The molecule has 0 aromatic carbocycles. The summed E-state index contributed by atoms with van der Waals surface area (Å²) in [6.07, 6.45) is 1.69. The van der Waals surface area contributed by atoms with E-state index < -0.39 is 0 Å². The Kier molecular flexibility index (Phi) is 5.15. The third kappa shape index (κ3) is 3.91. The largest absolute Gasteiger partial charge is 0.379 e. The first-order chi connectivity index (χ1) is 10.8. The molecule has 0 aliphatic carbocycles. The van der Waals surface area contributed by atoms with E-state index in [1.54, 1.807) is 23.6 Å². The summed E-state index contributed by atoms with van der Waals surface area (Å²) < 4.78 is 5.31. The summed E-state index contributed by atoms with van der Waals surface area (Å²) in [6.45, 7) is 4.94. The van der Waals surface area contributed by atoms with E-state index in [9.17, 15) is 4.79 Å². The Morgan fingerprint density at radius 3 is 3.00 bits per heavy atom. The number of hydrogen-bond donors (Lipinski definition) is 1. The number of morpholine rings is 1. The highest BCUT2D eigenvalue weighted by molar-refractivity contribution is 7.13. The number of thiophene rings is 1. The van der Waals surface area contributed by atoms with Crippen LogP contribution < -0.4 is 5.32 Å². The Hall–Kier alpha value is -1.76. The molecule has 1 amide bonds. The zero-order valence-corrected chi connectivity index (χ0v) is 13.1. The van der Waals surface area contributed by atoms with Gasteiger partial charge in [0.25, 0.3) is 5.91 Å². The lowest BCUT2D eigenvalue weighted by Gasteiger charge is -2.26. The van der Waals surface area contributed by atoms with Crippen LogP contribution in [0.25, 0.3) is 10.6 Å². The van der Waals surface area contributed by atoms with E-state index >= 15 is 0 Å². The third-order valence-electron chi connectivity index (χ3n) is 3.61. The minimum Gasteiger partial charge on any atom is -0.379 e. The van der Waals surface area contributed by atoms with Gasteiger partial charge < -0.3 is 10.1 Å². The van der Waals surface area contributed by atoms with Crippen LogP contribution in [0.15, 0.2) is 35.8 Å². The highest BCUT2D eigenvalue weighted by Crippen LogP contribution is 2.22. The molecule has 1 fully saturated rings. The van der Waals surface area contributed by atoms with Crippen LogP contribution >= 0.6 is 11.3 Å². The first-order valence-electron chi connectivity index (χ1n) is 7.41.